The van der Waals surface area contributed by atoms with Crippen LogP contribution in [0.3, 0.4) is 0 Å². The number of aliphatic carboxylic acids is 1. The molecule has 2 aromatic carbocycles. The molecule has 110 valence electrons. The maximum atomic E-state index is 11.4. The van der Waals surface area contributed by atoms with Crippen LogP contribution in [0, 0.1) is 0 Å². The van der Waals surface area contributed by atoms with Crippen molar-refractivity contribution in [3.05, 3.63) is 71.8 Å². The first kappa shape index (κ1) is 15.3. The normalized spacial score (nSPS) is 13.6. The lowest BCUT2D eigenvalue weighted by Crippen LogP contribution is -2.29. The zero-order chi connectivity index (χ0) is 15.1. The fraction of sp³-hybridized carbons (Fsp3) is 0.278. The van der Waals surface area contributed by atoms with E-state index in [1.165, 1.54) is 5.56 Å². The first-order chi connectivity index (χ1) is 10.2. The second kappa shape index (κ2) is 7.60. The minimum Gasteiger partial charge on any atom is -0.480 e. The molecule has 0 aliphatic rings. The van der Waals surface area contributed by atoms with Crippen LogP contribution in [-0.4, -0.2) is 17.6 Å². The van der Waals surface area contributed by atoms with Gasteiger partial charge < -0.3 is 10.4 Å². The summed E-state index contributed by atoms with van der Waals surface area (Å²) in [5.74, 6) is -0.433. The van der Waals surface area contributed by atoms with E-state index in [9.17, 15) is 9.90 Å². The van der Waals surface area contributed by atoms with Crippen molar-refractivity contribution in [2.75, 3.05) is 6.54 Å². The average molecular weight is 283 g/mol. The van der Waals surface area contributed by atoms with Crippen molar-refractivity contribution in [2.45, 2.75) is 25.3 Å². The Morgan fingerprint density at radius 2 is 1.52 bits per heavy atom. The van der Waals surface area contributed by atoms with Gasteiger partial charge in [0.15, 0.2) is 0 Å². The van der Waals surface area contributed by atoms with E-state index in [0.29, 0.717) is 12.5 Å². The van der Waals surface area contributed by atoms with E-state index in [-0.39, 0.29) is 0 Å². The molecule has 0 fully saturated rings. The van der Waals surface area contributed by atoms with E-state index in [0.717, 1.165) is 12.0 Å². The lowest BCUT2D eigenvalue weighted by Gasteiger charge is -2.17. The van der Waals surface area contributed by atoms with Crippen LogP contribution in [0.4, 0.5) is 0 Å². The number of hydrogen-bond acceptors (Lipinski definition) is 2. The minimum atomic E-state index is -0.839. The van der Waals surface area contributed by atoms with E-state index < -0.39 is 12.0 Å². The van der Waals surface area contributed by atoms with Gasteiger partial charge in [-0.2, -0.15) is 0 Å². The Morgan fingerprint density at radius 1 is 1.00 bits per heavy atom. The predicted octanol–water partition coefficient (Wildman–Crippen LogP) is 3.60. The van der Waals surface area contributed by atoms with Gasteiger partial charge in [0.1, 0.15) is 6.04 Å². The summed E-state index contributed by atoms with van der Waals surface area (Å²) in [6, 6.07) is 18.9. The molecule has 3 heteroatoms. The number of carboxylic acid groups (broad SMARTS) is 1. The molecule has 0 saturated heterocycles. The lowest BCUT2D eigenvalue weighted by atomic mass is 9.97. The van der Waals surface area contributed by atoms with Crippen LogP contribution in [0.1, 0.15) is 36.4 Å². The number of carbonyl (C=O) groups is 1. The molecule has 0 amide bonds. The Morgan fingerprint density at radius 3 is 2.05 bits per heavy atom. The van der Waals surface area contributed by atoms with Gasteiger partial charge in [0, 0.05) is 0 Å². The molecule has 2 aromatic rings. The first-order valence-corrected chi connectivity index (χ1v) is 7.24. The Hall–Kier alpha value is -2.13. The van der Waals surface area contributed by atoms with Gasteiger partial charge >= 0.3 is 5.97 Å². The van der Waals surface area contributed by atoms with Gasteiger partial charge in [-0.15, -0.1) is 0 Å². The standard InChI is InChI=1S/C18H21NO2/c1-14(15-8-4-2-5-9-15)12-13-19-17(18(20)21)16-10-6-3-7-11-16/h2-11,14,17,19H,12-13H2,1H3,(H,20,21)/t14?,17-/m0/s1. The minimum absolute atomic E-state index is 0.406. The molecule has 0 aromatic heterocycles. The van der Waals surface area contributed by atoms with Gasteiger partial charge in [-0.1, -0.05) is 67.6 Å². The van der Waals surface area contributed by atoms with Crippen LogP contribution < -0.4 is 5.32 Å². The molecule has 0 radical (unpaired) electrons. The van der Waals surface area contributed by atoms with Crippen LogP contribution in [0.15, 0.2) is 60.7 Å². The maximum absolute atomic E-state index is 11.4. The summed E-state index contributed by atoms with van der Waals surface area (Å²) >= 11 is 0. The molecule has 21 heavy (non-hydrogen) atoms. The highest BCUT2D eigenvalue weighted by molar-refractivity contribution is 5.75. The Kier molecular flexibility index (Phi) is 5.52. The van der Waals surface area contributed by atoms with Gasteiger partial charge in [0.2, 0.25) is 0 Å². The van der Waals surface area contributed by atoms with E-state index in [2.05, 4.69) is 24.4 Å². The summed E-state index contributed by atoms with van der Waals surface area (Å²) in [5, 5.41) is 12.5. The highest BCUT2D eigenvalue weighted by Gasteiger charge is 2.18. The molecule has 1 unspecified atom stereocenters. The first-order valence-electron chi connectivity index (χ1n) is 7.24. The molecule has 0 spiro atoms. The summed E-state index contributed by atoms with van der Waals surface area (Å²) < 4.78 is 0. The van der Waals surface area contributed by atoms with Crippen molar-refractivity contribution in [3.8, 4) is 0 Å². The maximum Gasteiger partial charge on any atom is 0.325 e. The number of benzene rings is 2. The second-order valence-corrected chi connectivity index (χ2v) is 5.24. The predicted molar refractivity (Wildman–Crippen MR) is 84.3 cm³/mol. The van der Waals surface area contributed by atoms with Crippen molar-refractivity contribution < 1.29 is 9.90 Å². The van der Waals surface area contributed by atoms with Gasteiger partial charge in [0.05, 0.1) is 0 Å². The summed E-state index contributed by atoms with van der Waals surface area (Å²) in [4.78, 5) is 11.4. The molecule has 0 heterocycles. The molecule has 0 aliphatic carbocycles. The third-order valence-corrected chi connectivity index (χ3v) is 3.67. The van der Waals surface area contributed by atoms with E-state index in [1.54, 1.807) is 0 Å². The number of nitrogens with one attached hydrogen (secondary N) is 1. The zero-order valence-electron chi connectivity index (χ0n) is 12.2. The molecular formula is C18H21NO2. The van der Waals surface area contributed by atoms with Crippen LogP contribution >= 0.6 is 0 Å². The zero-order valence-corrected chi connectivity index (χ0v) is 12.2. The Bertz CT molecular complexity index is 554. The second-order valence-electron chi connectivity index (χ2n) is 5.24. The highest BCUT2D eigenvalue weighted by Crippen LogP contribution is 2.19. The van der Waals surface area contributed by atoms with Crippen LogP contribution in [0.2, 0.25) is 0 Å². The third-order valence-electron chi connectivity index (χ3n) is 3.67. The molecule has 2 rings (SSSR count). The van der Waals surface area contributed by atoms with E-state index in [1.807, 2.05) is 48.5 Å². The molecule has 2 atom stereocenters. The van der Waals surface area contributed by atoms with Gasteiger partial charge in [0.25, 0.3) is 0 Å². The van der Waals surface area contributed by atoms with Crippen molar-refractivity contribution >= 4 is 5.97 Å². The lowest BCUT2D eigenvalue weighted by molar-refractivity contribution is -0.139. The number of carboxylic acids is 1. The Labute approximate surface area is 125 Å². The van der Waals surface area contributed by atoms with Crippen LogP contribution in [0.25, 0.3) is 0 Å². The van der Waals surface area contributed by atoms with Crippen molar-refractivity contribution in [3.63, 3.8) is 0 Å². The van der Waals surface area contributed by atoms with Crippen molar-refractivity contribution in [1.29, 1.82) is 0 Å². The summed E-state index contributed by atoms with van der Waals surface area (Å²) in [6.45, 7) is 2.83. The van der Waals surface area contributed by atoms with Gasteiger partial charge in [-0.25, -0.2) is 0 Å². The van der Waals surface area contributed by atoms with Crippen molar-refractivity contribution in [2.24, 2.45) is 0 Å². The largest absolute Gasteiger partial charge is 0.480 e. The summed E-state index contributed by atoms with van der Waals surface area (Å²) in [6.07, 6.45) is 0.903. The molecule has 0 aliphatic heterocycles. The summed E-state index contributed by atoms with van der Waals surface area (Å²) in [5.41, 5.74) is 2.07. The van der Waals surface area contributed by atoms with Gasteiger partial charge in [-0.05, 0) is 30.0 Å². The fourth-order valence-corrected chi connectivity index (χ4v) is 2.39. The topological polar surface area (TPSA) is 49.3 Å². The van der Waals surface area contributed by atoms with E-state index >= 15 is 0 Å². The quantitative estimate of drug-likeness (QED) is 0.816. The Balaban J connectivity index is 1.90. The number of rotatable bonds is 7. The number of hydrogen-bond donors (Lipinski definition) is 2. The van der Waals surface area contributed by atoms with Gasteiger partial charge in [-0.3, -0.25) is 4.79 Å². The molecule has 0 saturated carbocycles. The average Bonchev–Trinajstić information content (AvgIpc) is 2.52. The molecular weight excluding hydrogens is 262 g/mol. The smallest absolute Gasteiger partial charge is 0.325 e. The van der Waals surface area contributed by atoms with E-state index in [4.69, 9.17) is 0 Å². The fourth-order valence-electron chi connectivity index (χ4n) is 2.39. The van der Waals surface area contributed by atoms with Crippen LogP contribution in [-0.2, 0) is 4.79 Å². The SMILES string of the molecule is CC(CCN[C@H](C(=O)O)c1ccccc1)c1ccccc1. The third kappa shape index (κ3) is 4.43. The highest BCUT2D eigenvalue weighted by atomic mass is 16.4. The molecule has 2 N–H and O–H groups in total. The van der Waals surface area contributed by atoms with Crippen molar-refractivity contribution in [1.82, 2.24) is 5.32 Å². The molecule has 0 bridgehead atoms. The van der Waals surface area contributed by atoms with Crippen LogP contribution in [0.5, 0.6) is 0 Å². The monoisotopic (exact) mass is 283 g/mol. The molecule has 3 nitrogen and oxygen atoms in total. The summed E-state index contributed by atoms with van der Waals surface area (Å²) in [7, 11) is 0.